The molecule has 1 amide bonds. The van der Waals surface area contributed by atoms with Crippen molar-refractivity contribution < 1.29 is 14.3 Å². The summed E-state index contributed by atoms with van der Waals surface area (Å²) in [5.41, 5.74) is 6.10. The van der Waals surface area contributed by atoms with Gasteiger partial charge in [-0.15, -0.1) is 6.58 Å². The fourth-order valence-electron chi connectivity index (χ4n) is 4.70. The van der Waals surface area contributed by atoms with E-state index in [0.717, 1.165) is 76.4 Å². The number of hydrogen-bond acceptors (Lipinski definition) is 4. The second kappa shape index (κ2) is 13.0. The van der Waals surface area contributed by atoms with Crippen LogP contribution in [0.4, 0.5) is 0 Å². The number of amides is 1. The second-order valence-corrected chi connectivity index (χ2v) is 9.53. The van der Waals surface area contributed by atoms with Crippen LogP contribution in [0.3, 0.4) is 0 Å². The number of fused-ring (bicyclic) bond motifs is 1. The molecule has 4 aromatic rings. The number of aryl methyl sites for hydroxylation is 3. The number of unbranched alkanes of at least 4 members (excludes halogenated alkanes) is 1. The van der Waals surface area contributed by atoms with E-state index in [9.17, 15) is 4.79 Å². The summed E-state index contributed by atoms with van der Waals surface area (Å²) in [5.74, 6) is 2.44. The van der Waals surface area contributed by atoms with Crippen LogP contribution in [-0.2, 0) is 19.4 Å². The first kappa shape index (κ1) is 27.0. The lowest BCUT2D eigenvalue weighted by molar-refractivity contribution is 0.0953. The third-order valence-electron chi connectivity index (χ3n) is 6.64. The number of methoxy groups -OCH3 is 1. The Hall–Kier alpha value is -4.06. The van der Waals surface area contributed by atoms with E-state index in [-0.39, 0.29) is 5.91 Å². The van der Waals surface area contributed by atoms with E-state index in [2.05, 4.69) is 22.5 Å². The normalized spacial score (nSPS) is 10.9. The molecule has 0 aliphatic heterocycles. The Morgan fingerprint density at radius 1 is 1.05 bits per heavy atom. The minimum atomic E-state index is -0.0461. The molecule has 6 heteroatoms. The number of nitrogens with one attached hydrogen (secondary N) is 1. The number of allylic oxidation sites excluding steroid dienone is 1. The Morgan fingerprint density at radius 3 is 2.68 bits per heavy atom. The van der Waals surface area contributed by atoms with Crippen molar-refractivity contribution >= 4 is 16.9 Å². The Labute approximate surface area is 225 Å². The minimum absolute atomic E-state index is 0.0461. The van der Waals surface area contributed by atoms with Crippen molar-refractivity contribution in [3.05, 3.63) is 101 Å². The molecule has 0 aliphatic rings. The first-order chi connectivity index (χ1) is 18.5. The predicted molar refractivity (Wildman–Crippen MR) is 153 cm³/mol. The Balaban J connectivity index is 1.33. The number of rotatable bonds is 13. The van der Waals surface area contributed by atoms with Gasteiger partial charge in [-0.3, -0.25) is 4.79 Å². The molecule has 0 unspecified atom stereocenters. The summed E-state index contributed by atoms with van der Waals surface area (Å²) >= 11 is 0. The molecule has 0 bridgehead atoms. The standard InChI is InChI=1S/C32H37N3O3/c1-5-10-25-14-16-29(30(22-25)37-4)38-20-9-8-19-35-28-12-7-6-11-27(28)34-31(35)17-18-33-32(36)26-15-13-23(2)21-24(26)3/h5-7,11-16,21-22H,1,8-10,17-20H2,2-4H3,(H,33,36). The lowest BCUT2D eigenvalue weighted by Crippen LogP contribution is -2.27. The first-order valence-corrected chi connectivity index (χ1v) is 13.2. The van der Waals surface area contributed by atoms with Crippen molar-refractivity contribution in [2.24, 2.45) is 0 Å². The van der Waals surface area contributed by atoms with Crippen LogP contribution in [0.15, 0.2) is 73.3 Å². The smallest absolute Gasteiger partial charge is 0.251 e. The lowest BCUT2D eigenvalue weighted by atomic mass is 10.1. The Bertz CT molecular complexity index is 1410. The van der Waals surface area contributed by atoms with Gasteiger partial charge in [0.25, 0.3) is 5.91 Å². The van der Waals surface area contributed by atoms with E-state index < -0.39 is 0 Å². The van der Waals surface area contributed by atoms with E-state index in [4.69, 9.17) is 14.5 Å². The quantitative estimate of drug-likeness (QED) is 0.171. The molecule has 0 saturated heterocycles. The van der Waals surface area contributed by atoms with Gasteiger partial charge in [0.1, 0.15) is 5.82 Å². The van der Waals surface area contributed by atoms with Gasteiger partial charge in [-0.2, -0.15) is 0 Å². The van der Waals surface area contributed by atoms with E-state index >= 15 is 0 Å². The average Bonchev–Trinajstić information content (AvgIpc) is 3.26. The maximum absolute atomic E-state index is 12.7. The van der Waals surface area contributed by atoms with Gasteiger partial charge in [-0.25, -0.2) is 4.98 Å². The number of imidazole rings is 1. The minimum Gasteiger partial charge on any atom is -0.493 e. The molecule has 1 N–H and O–H groups in total. The Kier molecular flexibility index (Phi) is 9.20. The zero-order chi connectivity index (χ0) is 26.9. The van der Waals surface area contributed by atoms with Crippen molar-refractivity contribution in [1.82, 2.24) is 14.9 Å². The van der Waals surface area contributed by atoms with E-state index in [0.29, 0.717) is 19.6 Å². The molecule has 4 rings (SSSR count). The van der Waals surface area contributed by atoms with Crippen molar-refractivity contribution in [2.75, 3.05) is 20.3 Å². The number of benzene rings is 3. The molecule has 0 radical (unpaired) electrons. The van der Waals surface area contributed by atoms with Gasteiger partial charge in [0.2, 0.25) is 0 Å². The van der Waals surface area contributed by atoms with Crippen molar-refractivity contribution in [2.45, 2.75) is 46.1 Å². The number of carbonyl (C=O) groups is 1. The summed E-state index contributed by atoms with van der Waals surface area (Å²) < 4.78 is 13.8. The van der Waals surface area contributed by atoms with Crippen LogP contribution < -0.4 is 14.8 Å². The third kappa shape index (κ3) is 6.62. The molecule has 0 fully saturated rings. The van der Waals surface area contributed by atoms with E-state index in [1.807, 2.05) is 74.5 Å². The highest BCUT2D eigenvalue weighted by molar-refractivity contribution is 5.95. The van der Waals surface area contributed by atoms with E-state index in [1.54, 1.807) is 7.11 Å². The lowest BCUT2D eigenvalue weighted by Gasteiger charge is -2.13. The number of nitrogens with zero attached hydrogens (tertiary/aromatic N) is 2. The van der Waals surface area contributed by atoms with Crippen LogP contribution in [0.25, 0.3) is 11.0 Å². The van der Waals surface area contributed by atoms with Gasteiger partial charge in [-0.1, -0.05) is 42.0 Å². The summed E-state index contributed by atoms with van der Waals surface area (Å²) in [4.78, 5) is 17.6. The third-order valence-corrected chi connectivity index (χ3v) is 6.64. The molecule has 1 heterocycles. The van der Waals surface area contributed by atoms with Crippen LogP contribution in [0.2, 0.25) is 0 Å². The van der Waals surface area contributed by atoms with E-state index in [1.165, 1.54) is 0 Å². The van der Waals surface area contributed by atoms with Gasteiger partial charge < -0.3 is 19.4 Å². The largest absolute Gasteiger partial charge is 0.493 e. The van der Waals surface area contributed by atoms with Gasteiger partial charge in [0.05, 0.1) is 24.8 Å². The summed E-state index contributed by atoms with van der Waals surface area (Å²) in [6, 6.07) is 20.1. The summed E-state index contributed by atoms with van der Waals surface area (Å²) in [6.45, 7) is 9.76. The maximum atomic E-state index is 12.7. The maximum Gasteiger partial charge on any atom is 0.251 e. The highest BCUT2D eigenvalue weighted by atomic mass is 16.5. The van der Waals surface area contributed by atoms with Crippen LogP contribution in [0.5, 0.6) is 11.5 Å². The molecule has 0 aliphatic carbocycles. The zero-order valence-electron chi connectivity index (χ0n) is 22.6. The number of para-hydroxylation sites is 2. The highest BCUT2D eigenvalue weighted by Crippen LogP contribution is 2.28. The fourth-order valence-corrected chi connectivity index (χ4v) is 4.70. The van der Waals surface area contributed by atoms with Crippen molar-refractivity contribution in [3.63, 3.8) is 0 Å². The predicted octanol–water partition coefficient (Wildman–Crippen LogP) is 6.22. The molecule has 0 spiro atoms. The molecule has 198 valence electrons. The molecular weight excluding hydrogens is 474 g/mol. The number of carbonyl (C=O) groups excluding carboxylic acids is 1. The molecule has 0 saturated carbocycles. The average molecular weight is 512 g/mol. The van der Waals surface area contributed by atoms with Crippen LogP contribution in [0, 0.1) is 13.8 Å². The summed E-state index contributed by atoms with van der Waals surface area (Å²) in [5, 5.41) is 3.07. The SMILES string of the molecule is C=CCc1ccc(OCCCCn2c(CCNC(=O)c3ccc(C)cc3C)nc3ccccc32)c(OC)c1. The van der Waals surface area contributed by atoms with Crippen LogP contribution in [-0.4, -0.2) is 35.7 Å². The topological polar surface area (TPSA) is 65.4 Å². The molecule has 3 aromatic carbocycles. The first-order valence-electron chi connectivity index (χ1n) is 13.2. The van der Waals surface area contributed by atoms with Gasteiger partial charge in [0, 0.05) is 25.1 Å². The highest BCUT2D eigenvalue weighted by Gasteiger charge is 2.13. The molecular formula is C32H37N3O3. The monoisotopic (exact) mass is 511 g/mol. The molecule has 6 nitrogen and oxygen atoms in total. The van der Waals surface area contributed by atoms with Crippen molar-refractivity contribution in [3.8, 4) is 11.5 Å². The van der Waals surface area contributed by atoms with Crippen LogP contribution >= 0.6 is 0 Å². The number of hydrogen-bond donors (Lipinski definition) is 1. The summed E-state index contributed by atoms with van der Waals surface area (Å²) in [6.07, 6.45) is 5.18. The van der Waals surface area contributed by atoms with Gasteiger partial charge in [0.15, 0.2) is 11.5 Å². The Morgan fingerprint density at radius 2 is 1.89 bits per heavy atom. The number of aromatic nitrogens is 2. The zero-order valence-corrected chi connectivity index (χ0v) is 22.6. The molecule has 1 aromatic heterocycles. The van der Waals surface area contributed by atoms with Gasteiger partial charge in [-0.05, 0) is 74.6 Å². The molecule has 38 heavy (non-hydrogen) atoms. The molecule has 0 atom stereocenters. The fraction of sp³-hybridized carbons (Fsp3) is 0.312. The second-order valence-electron chi connectivity index (χ2n) is 9.53. The van der Waals surface area contributed by atoms with Gasteiger partial charge >= 0.3 is 0 Å². The summed E-state index contributed by atoms with van der Waals surface area (Å²) in [7, 11) is 1.66. The van der Waals surface area contributed by atoms with Crippen LogP contribution in [0.1, 0.15) is 45.7 Å². The van der Waals surface area contributed by atoms with Crippen molar-refractivity contribution in [1.29, 1.82) is 0 Å². The number of ether oxygens (including phenoxy) is 2.